The molecule has 0 saturated carbocycles. The number of nitrogens with one attached hydrogen (secondary N) is 1. The molecule has 1 N–H and O–H groups in total. The molecule has 1 aromatic rings. The fourth-order valence-corrected chi connectivity index (χ4v) is 2.06. The second-order valence-corrected chi connectivity index (χ2v) is 5.17. The number of halogens is 4. The van der Waals surface area contributed by atoms with Crippen LogP contribution in [0.4, 0.5) is 13.2 Å². The average Bonchev–Trinajstić information content (AvgIpc) is 2.42. The van der Waals surface area contributed by atoms with E-state index in [0.29, 0.717) is 19.0 Å². The predicted molar refractivity (Wildman–Crippen MR) is 98.2 cm³/mol. The van der Waals surface area contributed by atoms with Crippen molar-refractivity contribution in [1.82, 2.24) is 15.1 Å². The first-order chi connectivity index (χ1) is 10.3. The molecule has 0 fully saturated rings. The van der Waals surface area contributed by atoms with Crippen molar-refractivity contribution in [3.05, 3.63) is 35.9 Å². The maximum Gasteiger partial charge on any atom is 0.401 e. The Bertz CT molecular complexity index is 466. The quantitative estimate of drug-likeness (QED) is 0.416. The van der Waals surface area contributed by atoms with E-state index in [1.165, 1.54) is 11.9 Å². The summed E-state index contributed by atoms with van der Waals surface area (Å²) in [6.07, 6.45) is -4.17. The van der Waals surface area contributed by atoms with E-state index < -0.39 is 12.7 Å². The summed E-state index contributed by atoms with van der Waals surface area (Å²) in [4.78, 5) is 7.31. The zero-order valence-electron chi connectivity index (χ0n) is 13.6. The first-order valence-corrected chi connectivity index (χ1v) is 7.03. The van der Waals surface area contributed by atoms with Gasteiger partial charge in [-0.2, -0.15) is 13.2 Å². The Balaban J connectivity index is 0.00000484. The zero-order chi connectivity index (χ0) is 16.6. The van der Waals surface area contributed by atoms with Crippen LogP contribution >= 0.6 is 24.0 Å². The molecule has 0 amide bonds. The molecule has 0 heterocycles. The minimum absolute atomic E-state index is 0. The molecule has 0 aliphatic carbocycles. The molecule has 0 aliphatic heterocycles. The highest BCUT2D eigenvalue weighted by molar-refractivity contribution is 14.0. The van der Waals surface area contributed by atoms with Gasteiger partial charge in [-0.05, 0) is 12.6 Å². The molecule has 0 radical (unpaired) electrons. The Morgan fingerprint density at radius 3 is 2.30 bits per heavy atom. The molecule has 0 unspecified atom stereocenters. The van der Waals surface area contributed by atoms with Gasteiger partial charge < -0.3 is 10.2 Å². The van der Waals surface area contributed by atoms with Gasteiger partial charge in [0.25, 0.3) is 0 Å². The van der Waals surface area contributed by atoms with Gasteiger partial charge in [-0.25, -0.2) is 0 Å². The van der Waals surface area contributed by atoms with Gasteiger partial charge in [-0.1, -0.05) is 30.3 Å². The van der Waals surface area contributed by atoms with Crippen molar-refractivity contribution in [3.63, 3.8) is 0 Å². The van der Waals surface area contributed by atoms with Crippen LogP contribution in [0.5, 0.6) is 0 Å². The lowest BCUT2D eigenvalue weighted by Gasteiger charge is -2.24. The third-order valence-corrected chi connectivity index (χ3v) is 3.06. The second kappa shape index (κ2) is 10.7. The van der Waals surface area contributed by atoms with Crippen molar-refractivity contribution >= 4 is 29.9 Å². The molecular formula is C15H24F3IN4. The van der Waals surface area contributed by atoms with Crippen LogP contribution in [0.15, 0.2) is 35.3 Å². The smallest absolute Gasteiger partial charge is 0.355 e. The Labute approximate surface area is 152 Å². The Morgan fingerprint density at radius 1 is 1.17 bits per heavy atom. The summed E-state index contributed by atoms with van der Waals surface area (Å²) >= 11 is 0. The van der Waals surface area contributed by atoms with Crippen molar-refractivity contribution in [2.75, 3.05) is 40.8 Å². The number of aliphatic imine (C=N–C) groups is 1. The SMILES string of the molecule is CN=C(NCCN(C)CC(F)(F)F)N(C)Cc1ccccc1.I. The van der Waals surface area contributed by atoms with Gasteiger partial charge in [0.1, 0.15) is 0 Å². The summed E-state index contributed by atoms with van der Waals surface area (Å²) in [5.74, 6) is 0.657. The fraction of sp³-hybridized carbons (Fsp3) is 0.533. The minimum Gasteiger partial charge on any atom is -0.355 e. The van der Waals surface area contributed by atoms with Crippen molar-refractivity contribution in [3.8, 4) is 0 Å². The van der Waals surface area contributed by atoms with E-state index >= 15 is 0 Å². The molecule has 8 heteroatoms. The van der Waals surface area contributed by atoms with Gasteiger partial charge in [-0.3, -0.25) is 9.89 Å². The summed E-state index contributed by atoms with van der Waals surface area (Å²) in [6, 6.07) is 9.91. The lowest BCUT2D eigenvalue weighted by molar-refractivity contribution is -0.142. The molecule has 0 aliphatic rings. The molecule has 0 atom stereocenters. The average molecular weight is 444 g/mol. The van der Waals surface area contributed by atoms with E-state index in [2.05, 4.69) is 10.3 Å². The minimum atomic E-state index is -4.17. The standard InChI is InChI=1S/C15H23F3N4.HI/c1-19-14(20-9-10-21(2)12-15(16,17)18)22(3)11-13-7-5-4-6-8-13;/h4-8H,9-12H2,1-3H3,(H,19,20);1H. The summed E-state index contributed by atoms with van der Waals surface area (Å²) < 4.78 is 36.7. The normalized spacial score (nSPS) is 12.0. The van der Waals surface area contributed by atoms with Gasteiger partial charge in [0.15, 0.2) is 5.96 Å². The van der Waals surface area contributed by atoms with Crippen LogP contribution < -0.4 is 5.32 Å². The molecule has 23 heavy (non-hydrogen) atoms. The molecule has 4 nitrogen and oxygen atoms in total. The number of hydrogen-bond donors (Lipinski definition) is 1. The largest absolute Gasteiger partial charge is 0.401 e. The van der Waals surface area contributed by atoms with Crippen molar-refractivity contribution in [2.45, 2.75) is 12.7 Å². The number of alkyl halides is 3. The molecular weight excluding hydrogens is 420 g/mol. The Hall–Kier alpha value is -1.03. The van der Waals surface area contributed by atoms with E-state index in [9.17, 15) is 13.2 Å². The number of hydrogen-bond acceptors (Lipinski definition) is 2. The second-order valence-electron chi connectivity index (χ2n) is 5.17. The van der Waals surface area contributed by atoms with Crippen molar-refractivity contribution in [1.29, 1.82) is 0 Å². The van der Waals surface area contributed by atoms with Gasteiger partial charge in [0, 0.05) is 33.7 Å². The van der Waals surface area contributed by atoms with E-state index in [4.69, 9.17) is 0 Å². The molecule has 0 spiro atoms. The van der Waals surface area contributed by atoms with Crippen LogP contribution in [0.25, 0.3) is 0 Å². The summed E-state index contributed by atoms with van der Waals surface area (Å²) in [5, 5.41) is 3.07. The molecule has 0 saturated heterocycles. The van der Waals surface area contributed by atoms with Gasteiger partial charge in [-0.15, -0.1) is 24.0 Å². The Kier molecular flexibility index (Phi) is 10.2. The predicted octanol–water partition coefficient (Wildman–Crippen LogP) is 2.81. The molecule has 0 bridgehead atoms. The molecule has 1 aromatic carbocycles. The van der Waals surface area contributed by atoms with Gasteiger partial charge in [0.05, 0.1) is 6.54 Å². The first kappa shape index (κ1) is 22.0. The maximum atomic E-state index is 12.2. The molecule has 0 aromatic heterocycles. The first-order valence-electron chi connectivity index (χ1n) is 7.03. The highest BCUT2D eigenvalue weighted by Gasteiger charge is 2.28. The van der Waals surface area contributed by atoms with Crippen LogP contribution in [0, 0.1) is 0 Å². The van der Waals surface area contributed by atoms with E-state index in [1.54, 1.807) is 7.05 Å². The zero-order valence-corrected chi connectivity index (χ0v) is 15.9. The van der Waals surface area contributed by atoms with E-state index in [0.717, 1.165) is 5.56 Å². The fourth-order valence-electron chi connectivity index (χ4n) is 2.06. The van der Waals surface area contributed by atoms with Crippen LogP contribution in [0.3, 0.4) is 0 Å². The monoisotopic (exact) mass is 444 g/mol. The highest BCUT2D eigenvalue weighted by atomic mass is 127. The molecule has 132 valence electrons. The van der Waals surface area contributed by atoms with Crippen LogP contribution in [0.1, 0.15) is 5.56 Å². The van der Waals surface area contributed by atoms with Crippen molar-refractivity contribution in [2.24, 2.45) is 4.99 Å². The van der Waals surface area contributed by atoms with E-state index in [-0.39, 0.29) is 30.5 Å². The van der Waals surface area contributed by atoms with Gasteiger partial charge >= 0.3 is 6.18 Å². The van der Waals surface area contributed by atoms with Crippen molar-refractivity contribution < 1.29 is 13.2 Å². The summed E-state index contributed by atoms with van der Waals surface area (Å²) in [7, 11) is 5.00. The number of rotatable bonds is 6. The lowest BCUT2D eigenvalue weighted by Crippen LogP contribution is -2.43. The third kappa shape index (κ3) is 9.65. The Morgan fingerprint density at radius 2 is 1.78 bits per heavy atom. The van der Waals surface area contributed by atoms with Crippen LogP contribution in [-0.4, -0.2) is 62.7 Å². The molecule has 1 rings (SSSR count). The number of likely N-dealkylation sites (N-methyl/N-ethyl adjacent to an activating group) is 1. The van der Waals surface area contributed by atoms with E-state index in [1.807, 2.05) is 42.3 Å². The summed E-state index contributed by atoms with van der Waals surface area (Å²) in [5.41, 5.74) is 1.14. The van der Waals surface area contributed by atoms with Gasteiger partial charge in [0.2, 0.25) is 0 Å². The number of nitrogens with zero attached hydrogens (tertiary/aromatic N) is 3. The topological polar surface area (TPSA) is 30.9 Å². The maximum absolute atomic E-state index is 12.2. The third-order valence-electron chi connectivity index (χ3n) is 3.06. The lowest BCUT2D eigenvalue weighted by atomic mass is 10.2. The highest BCUT2D eigenvalue weighted by Crippen LogP contribution is 2.15. The number of guanidine groups is 1. The van der Waals surface area contributed by atoms with Crippen LogP contribution in [0.2, 0.25) is 0 Å². The summed E-state index contributed by atoms with van der Waals surface area (Å²) in [6.45, 7) is 0.460. The number of benzene rings is 1. The van der Waals surface area contributed by atoms with Crippen LogP contribution in [-0.2, 0) is 6.54 Å².